The molecule has 0 saturated carbocycles. The van der Waals surface area contributed by atoms with E-state index in [0.717, 1.165) is 22.9 Å². The second-order valence-corrected chi connectivity index (χ2v) is 4.84. The largest absolute Gasteiger partial charge is 0.480 e. The molecule has 0 amide bonds. The fourth-order valence-corrected chi connectivity index (χ4v) is 2.53. The average Bonchev–Trinajstić information content (AvgIpc) is 2.47. The van der Waals surface area contributed by atoms with Crippen LogP contribution in [-0.2, 0) is 6.42 Å². The number of nitrogens with zero attached hydrogens (tertiary/aromatic N) is 2. The smallest absolute Gasteiger partial charge is 0.224 e. The number of halogens is 1. The molecule has 0 aliphatic heterocycles. The summed E-state index contributed by atoms with van der Waals surface area (Å²) in [7, 11) is 1.58. The van der Waals surface area contributed by atoms with E-state index in [1.807, 2.05) is 30.3 Å². The van der Waals surface area contributed by atoms with Crippen molar-refractivity contribution in [2.24, 2.45) is 0 Å². The quantitative estimate of drug-likeness (QED) is 0.685. The molecule has 0 atom stereocenters. The van der Waals surface area contributed by atoms with Gasteiger partial charge >= 0.3 is 0 Å². The maximum Gasteiger partial charge on any atom is 0.224 e. The summed E-state index contributed by atoms with van der Waals surface area (Å²) in [6.07, 6.45) is 2.46. The molecule has 0 saturated heterocycles. The number of rotatable bonds is 3. The molecule has 2 aromatic heterocycles. The Morgan fingerprint density at radius 1 is 1.15 bits per heavy atom. The number of pyridine rings is 2. The van der Waals surface area contributed by atoms with Crippen LogP contribution in [0.2, 0.25) is 5.15 Å². The van der Waals surface area contributed by atoms with Gasteiger partial charge in [0.2, 0.25) is 5.88 Å². The van der Waals surface area contributed by atoms with Gasteiger partial charge in [-0.1, -0.05) is 41.9 Å². The highest BCUT2D eigenvalue weighted by molar-refractivity contribution is 6.34. The molecule has 0 bridgehead atoms. The van der Waals surface area contributed by atoms with Crippen LogP contribution < -0.4 is 4.74 Å². The molecule has 3 rings (SSSR count). The molecule has 4 heteroatoms. The van der Waals surface area contributed by atoms with E-state index in [9.17, 15) is 0 Å². The molecule has 2 heterocycles. The van der Waals surface area contributed by atoms with E-state index < -0.39 is 0 Å². The normalized spacial score (nSPS) is 10.7. The van der Waals surface area contributed by atoms with Crippen LogP contribution in [0, 0.1) is 0 Å². The van der Waals surface area contributed by atoms with Gasteiger partial charge in [-0.05, 0) is 23.1 Å². The number of hydrogen-bond donors (Lipinski definition) is 0. The van der Waals surface area contributed by atoms with Gasteiger partial charge in [0.1, 0.15) is 5.15 Å². The summed E-state index contributed by atoms with van der Waals surface area (Å²) in [5.41, 5.74) is 2.14. The number of aromatic nitrogens is 2. The first-order chi connectivity index (χ1) is 9.78. The van der Waals surface area contributed by atoms with E-state index in [0.29, 0.717) is 11.0 Å². The Hall–Kier alpha value is -2.13. The minimum atomic E-state index is 0.429. The Morgan fingerprint density at radius 3 is 2.70 bits per heavy atom. The Morgan fingerprint density at radius 2 is 1.95 bits per heavy atom. The van der Waals surface area contributed by atoms with E-state index in [-0.39, 0.29) is 0 Å². The molecule has 0 spiro atoms. The lowest BCUT2D eigenvalue weighted by Crippen LogP contribution is -1.96. The summed E-state index contributed by atoms with van der Waals surface area (Å²) in [5, 5.41) is 2.18. The van der Waals surface area contributed by atoms with Crippen molar-refractivity contribution in [2.45, 2.75) is 6.42 Å². The zero-order valence-corrected chi connectivity index (χ0v) is 11.8. The average molecular weight is 285 g/mol. The summed E-state index contributed by atoms with van der Waals surface area (Å²) >= 11 is 6.28. The minimum absolute atomic E-state index is 0.429. The highest BCUT2D eigenvalue weighted by Crippen LogP contribution is 2.29. The van der Waals surface area contributed by atoms with Gasteiger partial charge in [0.25, 0.3) is 0 Å². The first kappa shape index (κ1) is 12.9. The highest BCUT2D eigenvalue weighted by atomic mass is 35.5. The predicted molar refractivity (Wildman–Crippen MR) is 80.3 cm³/mol. The number of ether oxygens (including phenoxy) is 1. The van der Waals surface area contributed by atoms with Crippen molar-refractivity contribution < 1.29 is 4.74 Å². The van der Waals surface area contributed by atoms with Crippen LogP contribution in [0.3, 0.4) is 0 Å². The molecule has 0 unspecified atom stereocenters. The molecule has 0 aliphatic rings. The molecular weight excluding hydrogens is 272 g/mol. The maximum absolute atomic E-state index is 6.28. The lowest BCUT2D eigenvalue weighted by molar-refractivity contribution is 0.403. The van der Waals surface area contributed by atoms with Gasteiger partial charge in [-0.3, -0.25) is 0 Å². The van der Waals surface area contributed by atoms with Gasteiger partial charge in [0.15, 0.2) is 0 Å². The molecule has 0 N–H and O–H groups in total. The van der Waals surface area contributed by atoms with Crippen molar-refractivity contribution in [2.75, 3.05) is 7.11 Å². The third-order valence-electron chi connectivity index (χ3n) is 3.14. The van der Waals surface area contributed by atoms with Crippen LogP contribution >= 0.6 is 11.6 Å². The van der Waals surface area contributed by atoms with Crippen LogP contribution in [0.25, 0.3) is 10.8 Å². The van der Waals surface area contributed by atoms with Crippen LogP contribution in [0.4, 0.5) is 0 Å². The summed E-state index contributed by atoms with van der Waals surface area (Å²) in [4.78, 5) is 8.60. The van der Waals surface area contributed by atoms with Crippen LogP contribution in [-0.4, -0.2) is 17.1 Å². The van der Waals surface area contributed by atoms with Crippen molar-refractivity contribution >= 4 is 22.4 Å². The zero-order chi connectivity index (χ0) is 13.9. The molecule has 0 radical (unpaired) electrons. The second-order valence-electron chi connectivity index (χ2n) is 4.49. The van der Waals surface area contributed by atoms with Gasteiger partial charge < -0.3 is 4.74 Å². The predicted octanol–water partition coefficient (Wildman–Crippen LogP) is 3.88. The summed E-state index contributed by atoms with van der Waals surface area (Å²) in [5.74, 6) is 0.506. The summed E-state index contributed by atoms with van der Waals surface area (Å²) in [6.45, 7) is 0. The Labute approximate surface area is 122 Å². The van der Waals surface area contributed by atoms with E-state index in [1.165, 1.54) is 5.56 Å². The molecule has 20 heavy (non-hydrogen) atoms. The summed E-state index contributed by atoms with van der Waals surface area (Å²) < 4.78 is 5.23. The van der Waals surface area contributed by atoms with Gasteiger partial charge in [0, 0.05) is 18.3 Å². The lowest BCUT2D eigenvalue weighted by Gasteiger charge is -2.08. The highest BCUT2D eigenvalue weighted by Gasteiger charge is 2.10. The van der Waals surface area contributed by atoms with Crippen LogP contribution in [0.1, 0.15) is 11.3 Å². The molecular formula is C16H13ClN2O. The van der Waals surface area contributed by atoms with Gasteiger partial charge in [-0.15, -0.1) is 0 Å². The van der Waals surface area contributed by atoms with Crippen molar-refractivity contribution in [3.8, 4) is 5.88 Å². The molecule has 1 aromatic carbocycles. The minimum Gasteiger partial charge on any atom is -0.480 e. The van der Waals surface area contributed by atoms with Crippen molar-refractivity contribution in [1.82, 2.24) is 9.97 Å². The number of benzene rings is 1. The monoisotopic (exact) mass is 284 g/mol. The topological polar surface area (TPSA) is 35.0 Å². The SMILES string of the molecule is COc1nccc2cc(Cc3ccccc3)nc(Cl)c12. The molecule has 3 aromatic rings. The Bertz CT molecular complexity index is 744. The zero-order valence-electron chi connectivity index (χ0n) is 11.0. The second kappa shape index (κ2) is 5.47. The summed E-state index contributed by atoms with van der Waals surface area (Å²) in [6, 6.07) is 14.1. The fourth-order valence-electron chi connectivity index (χ4n) is 2.23. The van der Waals surface area contributed by atoms with Gasteiger partial charge in [-0.25, -0.2) is 9.97 Å². The van der Waals surface area contributed by atoms with E-state index >= 15 is 0 Å². The molecule has 100 valence electrons. The maximum atomic E-state index is 6.28. The third kappa shape index (κ3) is 2.45. The van der Waals surface area contributed by atoms with Gasteiger partial charge in [0.05, 0.1) is 12.5 Å². The Kier molecular flexibility index (Phi) is 3.52. The number of hydrogen-bond acceptors (Lipinski definition) is 3. The van der Waals surface area contributed by atoms with Crippen molar-refractivity contribution in [3.63, 3.8) is 0 Å². The van der Waals surface area contributed by atoms with Crippen LogP contribution in [0.15, 0.2) is 48.7 Å². The number of methoxy groups -OCH3 is 1. The molecule has 0 fully saturated rings. The van der Waals surface area contributed by atoms with Gasteiger partial charge in [-0.2, -0.15) is 0 Å². The standard InChI is InChI=1S/C16H13ClN2O/c1-20-16-14-12(7-8-18-16)10-13(19-15(14)17)9-11-5-3-2-4-6-11/h2-8,10H,9H2,1H3. The van der Waals surface area contributed by atoms with Crippen molar-refractivity contribution in [1.29, 1.82) is 0 Å². The first-order valence-corrected chi connectivity index (χ1v) is 6.68. The third-order valence-corrected chi connectivity index (χ3v) is 3.41. The van der Waals surface area contributed by atoms with E-state index in [4.69, 9.17) is 16.3 Å². The van der Waals surface area contributed by atoms with E-state index in [1.54, 1.807) is 13.3 Å². The van der Waals surface area contributed by atoms with E-state index in [2.05, 4.69) is 22.1 Å². The number of fused-ring (bicyclic) bond motifs is 1. The Balaban J connectivity index is 2.06. The van der Waals surface area contributed by atoms with Crippen LogP contribution in [0.5, 0.6) is 5.88 Å². The lowest BCUT2D eigenvalue weighted by atomic mass is 10.1. The van der Waals surface area contributed by atoms with Crippen molar-refractivity contribution in [3.05, 3.63) is 65.1 Å². The fraction of sp³-hybridized carbons (Fsp3) is 0.125. The first-order valence-electron chi connectivity index (χ1n) is 6.30. The molecule has 0 aliphatic carbocycles. The molecule has 3 nitrogen and oxygen atoms in total.